The fourth-order valence-corrected chi connectivity index (χ4v) is 6.18. The highest BCUT2D eigenvalue weighted by molar-refractivity contribution is 6.23. The van der Waals surface area contributed by atoms with E-state index in [0.29, 0.717) is 40.3 Å². The molecular formula is C31H27NO6. The first kappa shape index (κ1) is 24.0. The van der Waals surface area contributed by atoms with Gasteiger partial charge in [-0.1, -0.05) is 36.4 Å². The quantitative estimate of drug-likeness (QED) is 0.393. The Morgan fingerprint density at radius 3 is 2.34 bits per heavy atom. The van der Waals surface area contributed by atoms with Gasteiger partial charge in [0.05, 0.1) is 24.6 Å². The third-order valence-corrected chi connectivity index (χ3v) is 7.93. The van der Waals surface area contributed by atoms with Gasteiger partial charge >= 0.3 is 0 Å². The Kier molecular flexibility index (Phi) is 5.42. The Labute approximate surface area is 220 Å². The standard InChI is InChI=1S/C31H27NO6/c1-31(2)25-20(21-15-16-23(37-3)27(34)28(21)38-31)13-14-22-24(25)30(36)32(29(22)35)19-11-9-18(10-12-19)26(33)17-7-5-4-6-8-17/h4-13,15-16,22,24-25,34H,14H2,1-3H3/t22-,24-,25+/m0/s1. The van der Waals surface area contributed by atoms with Gasteiger partial charge in [0.25, 0.3) is 0 Å². The van der Waals surface area contributed by atoms with Crippen LogP contribution in [0.1, 0.15) is 41.8 Å². The van der Waals surface area contributed by atoms with Crippen molar-refractivity contribution in [3.8, 4) is 17.2 Å². The number of imide groups is 1. The number of ketones is 1. The smallest absolute Gasteiger partial charge is 0.238 e. The second-order valence-corrected chi connectivity index (χ2v) is 10.5. The minimum Gasteiger partial charge on any atom is -0.502 e. The molecule has 1 aliphatic carbocycles. The highest BCUT2D eigenvalue weighted by atomic mass is 16.5. The van der Waals surface area contributed by atoms with Crippen LogP contribution in [0.3, 0.4) is 0 Å². The molecule has 3 atom stereocenters. The predicted octanol–water partition coefficient (Wildman–Crippen LogP) is 5.01. The zero-order valence-corrected chi connectivity index (χ0v) is 21.3. The summed E-state index contributed by atoms with van der Waals surface area (Å²) in [7, 11) is 1.48. The van der Waals surface area contributed by atoms with E-state index in [1.54, 1.807) is 54.6 Å². The summed E-state index contributed by atoms with van der Waals surface area (Å²) in [6.45, 7) is 3.75. The number of nitrogens with zero attached hydrogens (tertiary/aromatic N) is 1. The third kappa shape index (κ3) is 3.45. The van der Waals surface area contributed by atoms with Crippen molar-refractivity contribution in [2.24, 2.45) is 17.8 Å². The number of anilines is 1. The van der Waals surface area contributed by atoms with E-state index in [0.717, 1.165) is 5.57 Å². The van der Waals surface area contributed by atoms with Crippen LogP contribution in [0.5, 0.6) is 17.2 Å². The van der Waals surface area contributed by atoms with E-state index in [9.17, 15) is 19.5 Å². The van der Waals surface area contributed by atoms with E-state index in [2.05, 4.69) is 0 Å². The zero-order chi connectivity index (χ0) is 26.8. The number of phenolic OH excluding ortho intramolecular Hbond substituents is 1. The van der Waals surface area contributed by atoms with E-state index in [1.165, 1.54) is 12.0 Å². The van der Waals surface area contributed by atoms with Gasteiger partial charge in [0.15, 0.2) is 17.3 Å². The molecule has 1 saturated heterocycles. The molecule has 2 heterocycles. The number of amides is 2. The number of phenols is 1. The topological polar surface area (TPSA) is 93.1 Å². The van der Waals surface area contributed by atoms with E-state index < -0.39 is 17.4 Å². The molecule has 7 heteroatoms. The van der Waals surface area contributed by atoms with E-state index in [-0.39, 0.29) is 29.3 Å². The largest absolute Gasteiger partial charge is 0.502 e. The number of carbonyl (C=O) groups excluding carboxylic acids is 3. The van der Waals surface area contributed by atoms with Gasteiger partial charge in [0, 0.05) is 22.6 Å². The van der Waals surface area contributed by atoms with Gasteiger partial charge in [-0.25, -0.2) is 0 Å². The Bertz CT molecular complexity index is 1510. The summed E-state index contributed by atoms with van der Waals surface area (Å²) in [4.78, 5) is 41.5. The van der Waals surface area contributed by atoms with Gasteiger partial charge in [-0.05, 0) is 62.2 Å². The van der Waals surface area contributed by atoms with Crippen molar-refractivity contribution in [1.82, 2.24) is 0 Å². The Morgan fingerprint density at radius 2 is 1.66 bits per heavy atom. The van der Waals surface area contributed by atoms with Crippen molar-refractivity contribution in [3.05, 3.63) is 89.5 Å². The minimum absolute atomic E-state index is 0.0832. The van der Waals surface area contributed by atoms with Gasteiger partial charge in [-0.2, -0.15) is 0 Å². The molecule has 1 fully saturated rings. The second-order valence-electron chi connectivity index (χ2n) is 10.5. The summed E-state index contributed by atoms with van der Waals surface area (Å²) in [6, 6.07) is 19.1. The van der Waals surface area contributed by atoms with Crippen LogP contribution < -0.4 is 14.4 Å². The zero-order valence-electron chi connectivity index (χ0n) is 21.3. The van der Waals surface area contributed by atoms with Gasteiger partial charge in [-0.3, -0.25) is 19.3 Å². The van der Waals surface area contributed by atoms with Crippen LogP contribution in [-0.2, 0) is 9.59 Å². The molecule has 7 nitrogen and oxygen atoms in total. The SMILES string of the molecule is COc1ccc2c(c1O)OC(C)(C)[C@@H]1C2=CC[C@@H]2C(=O)N(c3ccc(C(=O)c4ccccc4)cc3)C(=O)[C@@H]21. The number of aromatic hydroxyl groups is 1. The molecule has 3 aliphatic rings. The van der Waals surface area contributed by atoms with Crippen LogP contribution in [0.4, 0.5) is 5.69 Å². The van der Waals surface area contributed by atoms with Crippen molar-refractivity contribution >= 4 is 28.9 Å². The molecule has 6 rings (SSSR count). The number of hydrogen-bond donors (Lipinski definition) is 1. The molecule has 38 heavy (non-hydrogen) atoms. The van der Waals surface area contributed by atoms with Gasteiger partial charge in [0.2, 0.25) is 17.6 Å². The van der Waals surface area contributed by atoms with Crippen LogP contribution >= 0.6 is 0 Å². The van der Waals surface area contributed by atoms with Crippen molar-refractivity contribution in [2.75, 3.05) is 12.0 Å². The molecule has 0 spiro atoms. The summed E-state index contributed by atoms with van der Waals surface area (Å²) in [5, 5.41) is 10.7. The Balaban J connectivity index is 1.34. The molecule has 3 aromatic rings. The average Bonchev–Trinajstić information content (AvgIpc) is 3.18. The highest BCUT2D eigenvalue weighted by Gasteiger charge is 2.59. The van der Waals surface area contributed by atoms with Crippen molar-refractivity contribution in [1.29, 1.82) is 0 Å². The Hall–Kier alpha value is -4.39. The van der Waals surface area contributed by atoms with Crippen LogP contribution in [0.2, 0.25) is 0 Å². The lowest BCUT2D eigenvalue weighted by atomic mass is 9.64. The summed E-state index contributed by atoms with van der Waals surface area (Å²) in [5.41, 5.74) is 2.22. The normalized spacial score (nSPS) is 23.1. The first-order chi connectivity index (χ1) is 18.2. The van der Waals surface area contributed by atoms with Gasteiger partial charge in [0.1, 0.15) is 5.60 Å². The summed E-state index contributed by atoms with van der Waals surface area (Å²) >= 11 is 0. The molecule has 0 bridgehead atoms. The molecule has 2 aliphatic heterocycles. The summed E-state index contributed by atoms with van der Waals surface area (Å²) < 4.78 is 11.5. The minimum atomic E-state index is -0.871. The molecular weight excluding hydrogens is 482 g/mol. The summed E-state index contributed by atoms with van der Waals surface area (Å²) in [5.74, 6) is -1.63. The molecule has 3 aromatic carbocycles. The van der Waals surface area contributed by atoms with E-state index in [4.69, 9.17) is 9.47 Å². The van der Waals surface area contributed by atoms with Gasteiger partial charge < -0.3 is 14.6 Å². The maximum atomic E-state index is 13.9. The van der Waals surface area contributed by atoms with Gasteiger partial charge in [-0.15, -0.1) is 0 Å². The van der Waals surface area contributed by atoms with E-state index in [1.807, 2.05) is 32.1 Å². The molecule has 0 aromatic heterocycles. The van der Waals surface area contributed by atoms with E-state index >= 15 is 0 Å². The number of carbonyl (C=O) groups is 3. The van der Waals surface area contributed by atoms with Crippen LogP contribution in [0.15, 0.2) is 72.8 Å². The van der Waals surface area contributed by atoms with Crippen molar-refractivity contribution in [3.63, 3.8) is 0 Å². The first-order valence-corrected chi connectivity index (χ1v) is 12.6. The second kappa shape index (κ2) is 8.58. The van der Waals surface area contributed by atoms with Crippen LogP contribution in [0, 0.1) is 17.8 Å². The molecule has 2 amide bonds. The fourth-order valence-electron chi connectivity index (χ4n) is 6.18. The number of ether oxygens (including phenoxy) is 2. The number of rotatable bonds is 4. The maximum Gasteiger partial charge on any atom is 0.238 e. The molecule has 0 unspecified atom stereocenters. The number of methoxy groups -OCH3 is 1. The maximum absolute atomic E-state index is 13.9. The predicted molar refractivity (Wildman–Crippen MR) is 141 cm³/mol. The lowest BCUT2D eigenvalue weighted by Crippen LogP contribution is -2.49. The summed E-state index contributed by atoms with van der Waals surface area (Å²) in [6.07, 6.45) is 2.40. The van der Waals surface area contributed by atoms with Crippen LogP contribution in [-0.4, -0.2) is 35.4 Å². The van der Waals surface area contributed by atoms with Crippen molar-refractivity contribution < 1.29 is 29.0 Å². The monoisotopic (exact) mass is 509 g/mol. The van der Waals surface area contributed by atoms with Crippen LogP contribution in [0.25, 0.3) is 5.57 Å². The number of allylic oxidation sites excluding steroid dienone is 1. The molecule has 192 valence electrons. The van der Waals surface area contributed by atoms with Crippen molar-refractivity contribution in [2.45, 2.75) is 25.9 Å². The highest BCUT2D eigenvalue weighted by Crippen LogP contribution is 2.58. The Morgan fingerprint density at radius 1 is 0.974 bits per heavy atom. The lowest BCUT2D eigenvalue weighted by Gasteiger charge is -2.46. The fraction of sp³-hybridized carbons (Fsp3) is 0.258. The number of hydrogen-bond acceptors (Lipinski definition) is 6. The number of fused-ring (bicyclic) bond motifs is 5. The average molecular weight is 510 g/mol. The number of benzene rings is 3. The molecule has 1 N–H and O–H groups in total. The lowest BCUT2D eigenvalue weighted by molar-refractivity contribution is -0.124. The third-order valence-electron chi connectivity index (χ3n) is 7.93. The molecule has 0 radical (unpaired) electrons. The first-order valence-electron chi connectivity index (χ1n) is 12.6. The molecule has 0 saturated carbocycles.